The van der Waals surface area contributed by atoms with E-state index in [2.05, 4.69) is 20.6 Å². The molecule has 0 aliphatic rings. The van der Waals surface area contributed by atoms with E-state index in [1.54, 1.807) is 55.0 Å². The van der Waals surface area contributed by atoms with Crippen molar-refractivity contribution in [1.82, 2.24) is 15.3 Å². The number of pyridine rings is 2. The fourth-order valence-corrected chi connectivity index (χ4v) is 2.37. The zero-order chi connectivity index (χ0) is 19.8. The fourth-order valence-electron chi connectivity index (χ4n) is 2.37. The highest BCUT2D eigenvalue weighted by molar-refractivity contribution is 5.93. The second kappa shape index (κ2) is 9.27. The van der Waals surface area contributed by atoms with Crippen LogP contribution in [-0.4, -0.2) is 22.0 Å². The Kier molecular flexibility index (Phi) is 6.30. The van der Waals surface area contributed by atoms with Crippen LogP contribution in [0.25, 0.3) is 0 Å². The van der Waals surface area contributed by atoms with Crippen molar-refractivity contribution in [3.8, 4) is 0 Å². The molecular formula is C21H20N4O3. The summed E-state index contributed by atoms with van der Waals surface area (Å²) in [6.45, 7) is 2.41. The van der Waals surface area contributed by atoms with Crippen LogP contribution in [0, 0.1) is 6.92 Å². The van der Waals surface area contributed by atoms with E-state index in [0.29, 0.717) is 17.8 Å². The lowest BCUT2D eigenvalue weighted by molar-refractivity contribution is 0.0950. The minimum atomic E-state index is -0.537. The third-order valence-electron chi connectivity index (χ3n) is 3.95. The molecular weight excluding hydrogens is 356 g/mol. The van der Waals surface area contributed by atoms with Crippen molar-refractivity contribution in [3.63, 3.8) is 0 Å². The Hall–Kier alpha value is -3.74. The predicted molar refractivity (Wildman–Crippen MR) is 105 cm³/mol. The number of hydrogen-bond acceptors (Lipinski definition) is 5. The summed E-state index contributed by atoms with van der Waals surface area (Å²) in [4.78, 5) is 32.0. The Morgan fingerprint density at radius 3 is 2.39 bits per heavy atom. The molecule has 0 saturated heterocycles. The molecule has 0 spiro atoms. The molecule has 0 unspecified atom stereocenters. The van der Waals surface area contributed by atoms with Crippen molar-refractivity contribution in [2.24, 2.45) is 0 Å². The number of nitrogens with zero attached hydrogens (tertiary/aromatic N) is 2. The number of ether oxygens (including phenoxy) is 1. The molecule has 2 N–H and O–H groups in total. The first-order chi connectivity index (χ1) is 13.6. The van der Waals surface area contributed by atoms with E-state index in [-0.39, 0.29) is 12.5 Å². The lowest BCUT2D eigenvalue weighted by atomic mass is 10.2. The van der Waals surface area contributed by atoms with Crippen molar-refractivity contribution >= 4 is 17.7 Å². The van der Waals surface area contributed by atoms with Gasteiger partial charge in [0.1, 0.15) is 6.61 Å². The van der Waals surface area contributed by atoms with Gasteiger partial charge in [-0.1, -0.05) is 12.1 Å². The Bertz CT molecular complexity index is 926. The average Bonchev–Trinajstić information content (AvgIpc) is 2.73. The topological polar surface area (TPSA) is 93.2 Å². The van der Waals surface area contributed by atoms with E-state index in [0.717, 1.165) is 16.8 Å². The molecule has 142 valence electrons. The smallest absolute Gasteiger partial charge is 0.411 e. The summed E-state index contributed by atoms with van der Waals surface area (Å²) in [6, 6.07) is 14.3. The maximum absolute atomic E-state index is 12.1. The van der Waals surface area contributed by atoms with Gasteiger partial charge in [-0.3, -0.25) is 20.1 Å². The van der Waals surface area contributed by atoms with Gasteiger partial charge in [-0.25, -0.2) is 4.79 Å². The van der Waals surface area contributed by atoms with Crippen molar-refractivity contribution < 1.29 is 14.3 Å². The third kappa shape index (κ3) is 5.63. The molecule has 3 aromatic rings. The number of nitrogens with one attached hydrogen (secondary N) is 2. The molecule has 1 aromatic carbocycles. The Labute approximate surface area is 162 Å². The fraction of sp³-hybridized carbons (Fsp3) is 0.143. The first kappa shape index (κ1) is 19.0. The van der Waals surface area contributed by atoms with Gasteiger partial charge < -0.3 is 10.1 Å². The van der Waals surface area contributed by atoms with Gasteiger partial charge in [0.2, 0.25) is 0 Å². The molecule has 0 aliphatic heterocycles. The van der Waals surface area contributed by atoms with Crippen molar-refractivity contribution in [1.29, 1.82) is 0 Å². The van der Waals surface area contributed by atoms with Crippen LogP contribution in [0.2, 0.25) is 0 Å². The van der Waals surface area contributed by atoms with Crippen LogP contribution in [0.15, 0.2) is 67.1 Å². The monoisotopic (exact) mass is 376 g/mol. The maximum Gasteiger partial charge on any atom is 0.411 e. The van der Waals surface area contributed by atoms with E-state index >= 15 is 0 Å². The standard InChI is InChI=1S/C21H20N4O3/c1-15-2-5-18(13-23-15)20(26)24-12-16-3-6-19(7-4-16)25-21(27)28-14-17-8-10-22-11-9-17/h2-11,13H,12,14H2,1H3,(H,24,26)(H,25,27). The molecule has 28 heavy (non-hydrogen) atoms. The predicted octanol–water partition coefficient (Wildman–Crippen LogP) is 3.46. The minimum absolute atomic E-state index is 0.173. The summed E-state index contributed by atoms with van der Waals surface area (Å²) >= 11 is 0. The van der Waals surface area contributed by atoms with E-state index in [4.69, 9.17) is 4.74 Å². The molecule has 0 aliphatic carbocycles. The highest BCUT2D eigenvalue weighted by Crippen LogP contribution is 2.11. The molecule has 0 radical (unpaired) electrons. The molecule has 2 aromatic heterocycles. The summed E-state index contributed by atoms with van der Waals surface area (Å²) in [5, 5.41) is 5.50. The first-order valence-corrected chi connectivity index (χ1v) is 8.72. The maximum atomic E-state index is 12.1. The van der Waals surface area contributed by atoms with Gasteiger partial charge in [-0.2, -0.15) is 0 Å². The zero-order valence-corrected chi connectivity index (χ0v) is 15.4. The minimum Gasteiger partial charge on any atom is -0.444 e. The molecule has 3 rings (SSSR count). The number of amides is 2. The molecule has 2 heterocycles. The largest absolute Gasteiger partial charge is 0.444 e. The molecule has 0 fully saturated rings. The lowest BCUT2D eigenvalue weighted by Crippen LogP contribution is -2.23. The lowest BCUT2D eigenvalue weighted by Gasteiger charge is -2.09. The Morgan fingerprint density at radius 1 is 0.964 bits per heavy atom. The third-order valence-corrected chi connectivity index (χ3v) is 3.95. The van der Waals surface area contributed by atoms with Gasteiger partial charge in [0, 0.05) is 36.5 Å². The molecule has 7 heteroatoms. The summed E-state index contributed by atoms with van der Waals surface area (Å²) in [5.41, 5.74) is 3.75. The molecule has 0 saturated carbocycles. The second-order valence-corrected chi connectivity index (χ2v) is 6.12. The Balaban J connectivity index is 1.45. The van der Waals surface area contributed by atoms with E-state index < -0.39 is 6.09 Å². The summed E-state index contributed by atoms with van der Waals surface area (Å²) in [5.74, 6) is -0.186. The average molecular weight is 376 g/mol. The van der Waals surface area contributed by atoms with E-state index in [1.165, 1.54) is 0 Å². The molecule has 2 amide bonds. The Morgan fingerprint density at radius 2 is 1.71 bits per heavy atom. The van der Waals surface area contributed by atoms with Crippen LogP contribution < -0.4 is 10.6 Å². The van der Waals surface area contributed by atoms with Crippen LogP contribution in [0.1, 0.15) is 27.2 Å². The normalized spacial score (nSPS) is 10.2. The highest BCUT2D eigenvalue weighted by atomic mass is 16.5. The number of anilines is 1. The van der Waals surface area contributed by atoms with Crippen LogP contribution >= 0.6 is 0 Å². The molecule has 0 atom stereocenters. The van der Waals surface area contributed by atoms with Gasteiger partial charge >= 0.3 is 6.09 Å². The molecule has 7 nitrogen and oxygen atoms in total. The van der Waals surface area contributed by atoms with Crippen molar-refractivity contribution in [2.45, 2.75) is 20.1 Å². The van der Waals surface area contributed by atoms with E-state index in [1.807, 2.05) is 19.1 Å². The first-order valence-electron chi connectivity index (χ1n) is 8.72. The number of aryl methyl sites for hydroxylation is 1. The van der Waals surface area contributed by atoms with Crippen molar-refractivity contribution in [3.05, 3.63) is 89.5 Å². The molecule has 0 bridgehead atoms. The summed E-state index contributed by atoms with van der Waals surface area (Å²) in [7, 11) is 0. The zero-order valence-electron chi connectivity index (χ0n) is 15.4. The second-order valence-electron chi connectivity index (χ2n) is 6.12. The number of aromatic nitrogens is 2. The van der Waals surface area contributed by atoms with Gasteiger partial charge in [-0.15, -0.1) is 0 Å². The number of hydrogen-bond donors (Lipinski definition) is 2. The number of benzene rings is 1. The van der Waals surface area contributed by atoms with Gasteiger partial charge in [0.15, 0.2) is 0 Å². The quantitative estimate of drug-likeness (QED) is 0.687. The van der Waals surface area contributed by atoms with Crippen LogP contribution in [0.3, 0.4) is 0 Å². The van der Waals surface area contributed by atoms with Crippen molar-refractivity contribution in [2.75, 3.05) is 5.32 Å². The number of carbonyl (C=O) groups excluding carboxylic acids is 2. The van der Waals surface area contributed by atoms with Crippen LogP contribution in [0.4, 0.5) is 10.5 Å². The number of rotatable bonds is 6. The number of carbonyl (C=O) groups is 2. The summed E-state index contributed by atoms with van der Waals surface area (Å²) in [6.07, 6.45) is 4.30. The summed E-state index contributed by atoms with van der Waals surface area (Å²) < 4.78 is 5.16. The van der Waals surface area contributed by atoms with Gasteiger partial charge in [0.25, 0.3) is 5.91 Å². The van der Waals surface area contributed by atoms with Gasteiger partial charge in [-0.05, 0) is 54.4 Å². The SMILES string of the molecule is Cc1ccc(C(=O)NCc2ccc(NC(=O)OCc3ccncc3)cc2)cn1. The highest BCUT2D eigenvalue weighted by Gasteiger charge is 2.07. The van der Waals surface area contributed by atoms with Gasteiger partial charge in [0.05, 0.1) is 5.56 Å². The van der Waals surface area contributed by atoms with E-state index in [9.17, 15) is 9.59 Å². The van der Waals surface area contributed by atoms with Crippen LogP contribution in [0.5, 0.6) is 0 Å². The van der Waals surface area contributed by atoms with Crippen LogP contribution in [-0.2, 0) is 17.9 Å².